The fraction of sp³-hybridized carbons (Fsp3) is 0.593. The summed E-state index contributed by atoms with van der Waals surface area (Å²) in [6.07, 6.45) is 4.72. The second kappa shape index (κ2) is 9.69. The Morgan fingerprint density at radius 3 is 2.54 bits per heavy atom. The van der Waals surface area contributed by atoms with Gasteiger partial charge in [-0.1, -0.05) is 26.7 Å². The number of hydrogen-bond donors (Lipinski definition) is 2. The number of pyridine rings is 2. The van der Waals surface area contributed by atoms with Crippen molar-refractivity contribution in [3.8, 4) is 6.07 Å². The number of aromatic nitrogens is 2. The Bertz CT molecular complexity index is 1300. The van der Waals surface area contributed by atoms with Gasteiger partial charge in [0.1, 0.15) is 34.9 Å². The van der Waals surface area contributed by atoms with Crippen LogP contribution in [0.3, 0.4) is 0 Å². The predicted molar refractivity (Wildman–Crippen MR) is 142 cm³/mol. The van der Waals surface area contributed by atoms with Gasteiger partial charge in [-0.15, -0.1) is 0 Å². The van der Waals surface area contributed by atoms with Crippen LogP contribution < -0.4 is 21.3 Å². The molecule has 2 aliphatic heterocycles. The number of piperidine rings is 1. The molecule has 0 radical (unpaired) electrons. The normalized spacial score (nSPS) is 25.7. The molecule has 0 unspecified atom stereocenters. The largest absolute Gasteiger partial charge is 0.466 e. The van der Waals surface area contributed by atoms with Gasteiger partial charge in [-0.3, -0.25) is 14.5 Å². The van der Waals surface area contributed by atoms with E-state index in [0.29, 0.717) is 71.5 Å². The molecule has 0 spiro atoms. The molecule has 4 heterocycles. The average Bonchev–Trinajstić information content (AvgIpc) is 3.21. The van der Waals surface area contributed by atoms with Crippen molar-refractivity contribution in [2.75, 3.05) is 41.0 Å². The van der Waals surface area contributed by atoms with E-state index < -0.39 is 0 Å². The Hall–Kier alpha value is -3.61. The third kappa shape index (κ3) is 4.10. The third-order valence-electron chi connectivity index (χ3n) is 8.53. The van der Waals surface area contributed by atoms with Crippen LogP contribution >= 0.6 is 0 Å². The molecule has 2 aromatic rings. The molecule has 37 heavy (non-hydrogen) atoms. The van der Waals surface area contributed by atoms with Crippen LogP contribution in [0.15, 0.2) is 0 Å². The molecular formula is C27H35N7O3. The van der Waals surface area contributed by atoms with Crippen LogP contribution in [0.1, 0.15) is 64.0 Å². The van der Waals surface area contributed by atoms with Crippen molar-refractivity contribution in [1.82, 2.24) is 9.97 Å². The lowest BCUT2D eigenvalue weighted by Crippen LogP contribution is -2.46. The fourth-order valence-electron chi connectivity index (χ4n) is 6.44. The van der Waals surface area contributed by atoms with Crippen LogP contribution in [0.25, 0.3) is 10.8 Å². The van der Waals surface area contributed by atoms with Crippen LogP contribution in [-0.2, 0) is 20.7 Å². The van der Waals surface area contributed by atoms with Crippen molar-refractivity contribution in [2.45, 2.75) is 65.3 Å². The van der Waals surface area contributed by atoms with Crippen LogP contribution in [-0.4, -0.2) is 47.6 Å². The summed E-state index contributed by atoms with van der Waals surface area (Å²) in [7, 11) is 0. The summed E-state index contributed by atoms with van der Waals surface area (Å²) in [5.41, 5.74) is 13.8. The maximum Gasteiger partial charge on any atom is 0.310 e. The van der Waals surface area contributed by atoms with Gasteiger partial charge in [-0.25, -0.2) is 9.97 Å². The number of ether oxygens (including phenoxy) is 1. The zero-order chi connectivity index (χ0) is 26.4. The van der Waals surface area contributed by atoms with Crippen molar-refractivity contribution in [3.05, 3.63) is 11.1 Å². The smallest absolute Gasteiger partial charge is 0.310 e. The second-order valence-corrected chi connectivity index (χ2v) is 10.7. The molecule has 0 aromatic carbocycles. The summed E-state index contributed by atoms with van der Waals surface area (Å²) < 4.78 is 5.25. The maximum atomic E-state index is 13.4. The van der Waals surface area contributed by atoms with Gasteiger partial charge in [0.25, 0.3) is 0 Å². The number of fused-ring (bicyclic) bond motifs is 3. The number of carbonyl (C=O) groups is 2. The monoisotopic (exact) mass is 505 g/mol. The molecular weight excluding hydrogens is 470 g/mol. The van der Waals surface area contributed by atoms with E-state index >= 15 is 0 Å². The van der Waals surface area contributed by atoms with E-state index in [-0.39, 0.29) is 41.9 Å². The van der Waals surface area contributed by atoms with Crippen LogP contribution in [0.5, 0.6) is 0 Å². The lowest BCUT2D eigenvalue weighted by Gasteiger charge is -2.39. The average molecular weight is 506 g/mol. The summed E-state index contributed by atoms with van der Waals surface area (Å²) in [5, 5.41) is 11.3. The Morgan fingerprint density at radius 2 is 1.84 bits per heavy atom. The number of esters is 1. The van der Waals surface area contributed by atoms with Crippen LogP contribution in [0.4, 0.5) is 23.3 Å². The fourth-order valence-corrected chi connectivity index (χ4v) is 6.44. The van der Waals surface area contributed by atoms with E-state index in [1.54, 1.807) is 6.92 Å². The van der Waals surface area contributed by atoms with Gasteiger partial charge in [0.05, 0.1) is 24.3 Å². The molecule has 10 nitrogen and oxygen atoms in total. The number of rotatable bonds is 4. The highest BCUT2D eigenvalue weighted by Gasteiger charge is 2.42. The summed E-state index contributed by atoms with van der Waals surface area (Å²) in [5.74, 6) is 1.54. The van der Waals surface area contributed by atoms with Crippen molar-refractivity contribution in [1.29, 1.82) is 5.26 Å². The molecule has 10 heteroatoms. The van der Waals surface area contributed by atoms with Gasteiger partial charge in [0, 0.05) is 30.1 Å². The summed E-state index contributed by atoms with van der Waals surface area (Å²) in [4.78, 5) is 38.9. The second-order valence-electron chi connectivity index (χ2n) is 10.7. The zero-order valence-corrected chi connectivity index (χ0v) is 21.8. The molecule has 3 aliphatic rings. The molecule has 1 saturated heterocycles. The van der Waals surface area contributed by atoms with E-state index in [9.17, 15) is 14.9 Å². The van der Waals surface area contributed by atoms with E-state index in [1.165, 1.54) is 0 Å². The van der Waals surface area contributed by atoms with E-state index in [0.717, 1.165) is 25.7 Å². The minimum atomic E-state index is -0.306. The molecule has 1 saturated carbocycles. The number of nitrogens with two attached hydrogens (primary N) is 2. The molecule has 196 valence electrons. The lowest BCUT2D eigenvalue weighted by molar-refractivity contribution is -0.148. The van der Waals surface area contributed by atoms with Crippen molar-refractivity contribution in [3.63, 3.8) is 0 Å². The Balaban J connectivity index is 1.64. The quantitative estimate of drug-likeness (QED) is 0.597. The molecule has 4 N–H and O–H groups in total. The van der Waals surface area contributed by atoms with Gasteiger partial charge in [0.15, 0.2) is 0 Å². The van der Waals surface area contributed by atoms with Gasteiger partial charge in [-0.2, -0.15) is 5.26 Å². The van der Waals surface area contributed by atoms with E-state index in [2.05, 4.69) is 29.9 Å². The van der Waals surface area contributed by atoms with Crippen molar-refractivity contribution < 1.29 is 14.3 Å². The highest BCUT2D eigenvalue weighted by molar-refractivity contribution is 6.13. The number of carbonyl (C=O) groups excluding carboxylic acids is 2. The highest BCUT2D eigenvalue weighted by Crippen LogP contribution is 2.45. The maximum absolute atomic E-state index is 13.4. The number of amides is 1. The van der Waals surface area contributed by atoms with Gasteiger partial charge in [0.2, 0.25) is 5.91 Å². The summed E-state index contributed by atoms with van der Waals surface area (Å²) >= 11 is 0. The van der Waals surface area contributed by atoms with Gasteiger partial charge in [-0.05, 0) is 38.0 Å². The standard InChI is InChI=1S/C27H35N7O3/c1-4-37-27(36)16-8-6-10-33(13-16)25-18(12-28)21-17-11-20(35)34(19-9-5-7-14(2)15(19)3)26(17)32-24(30)22(21)23(29)31-25/h14-16,19H,4-11,13H2,1-3H3,(H2,29,31)(H2,30,32)/t14-,15-,16-,19-/m1/s1. The number of nitrogen functional groups attached to an aromatic ring is 2. The topological polar surface area (TPSA) is 151 Å². The first-order valence-corrected chi connectivity index (χ1v) is 13.3. The van der Waals surface area contributed by atoms with Crippen LogP contribution in [0, 0.1) is 29.1 Å². The molecule has 0 bridgehead atoms. The van der Waals surface area contributed by atoms with Crippen molar-refractivity contribution >= 4 is 45.9 Å². The summed E-state index contributed by atoms with van der Waals surface area (Å²) in [6, 6.07) is 2.37. The lowest BCUT2D eigenvalue weighted by atomic mass is 9.77. The number of nitrogens with zero attached hydrogens (tertiary/aromatic N) is 5. The number of anilines is 4. The molecule has 1 aliphatic carbocycles. The number of hydrogen-bond acceptors (Lipinski definition) is 9. The third-order valence-corrected chi connectivity index (χ3v) is 8.53. The first-order chi connectivity index (χ1) is 17.8. The first-order valence-electron chi connectivity index (χ1n) is 13.3. The van der Waals surface area contributed by atoms with Crippen molar-refractivity contribution in [2.24, 2.45) is 17.8 Å². The molecule has 2 fully saturated rings. The zero-order valence-electron chi connectivity index (χ0n) is 21.8. The first kappa shape index (κ1) is 25.1. The number of nitriles is 1. The SMILES string of the molecule is CCOC(=O)[C@@H]1CCCN(c2nc(N)c3c(N)nc4c(c3c2C#N)CC(=O)N4[C@@H]2CCC[C@@H](C)[C@H]2C)C1. The highest BCUT2D eigenvalue weighted by atomic mass is 16.5. The molecule has 5 rings (SSSR count). The Kier molecular flexibility index (Phi) is 6.56. The molecule has 4 atom stereocenters. The minimum Gasteiger partial charge on any atom is -0.466 e. The van der Waals surface area contributed by atoms with Crippen LogP contribution in [0.2, 0.25) is 0 Å². The Morgan fingerprint density at radius 1 is 1.11 bits per heavy atom. The molecule has 1 amide bonds. The Labute approximate surface area is 216 Å². The van der Waals surface area contributed by atoms with E-state index in [1.807, 2.05) is 9.80 Å². The summed E-state index contributed by atoms with van der Waals surface area (Å²) in [6.45, 7) is 7.55. The van der Waals surface area contributed by atoms with Gasteiger partial charge < -0.3 is 21.1 Å². The van der Waals surface area contributed by atoms with Gasteiger partial charge >= 0.3 is 5.97 Å². The minimum absolute atomic E-state index is 0.0264. The predicted octanol–water partition coefficient (Wildman–Crippen LogP) is 3.16. The molecule has 2 aromatic heterocycles. The van der Waals surface area contributed by atoms with E-state index in [4.69, 9.17) is 16.2 Å².